The second-order valence-electron chi connectivity index (χ2n) is 5.37. The lowest BCUT2D eigenvalue weighted by Crippen LogP contribution is -2.03. The predicted molar refractivity (Wildman–Crippen MR) is 85.7 cm³/mol. The minimum absolute atomic E-state index is 0.458. The van der Waals surface area contributed by atoms with Gasteiger partial charge in [-0.25, -0.2) is 0 Å². The summed E-state index contributed by atoms with van der Waals surface area (Å²) in [5.74, 6) is 2.22. The van der Waals surface area contributed by atoms with Crippen molar-refractivity contribution in [2.75, 3.05) is 7.11 Å². The zero-order chi connectivity index (χ0) is 15.2. The van der Waals surface area contributed by atoms with Crippen molar-refractivity contribution in [3.05, 3.63) is 59.2 Å². The molecule has 0 aromatic heterocycles. The van der Waals surface area contributed by atoms with Crippen LogP contribution >= 0.6 is 0 Å². The first kappa shape index (κ1) is 15.4. The Morgan fingerprint density at radius 3 is 2.57 bits per heavy atom. The van der Waals surface area contributed by atoms with Crippen molar-refractivity contribution in [3.8, 4) is 11.5 Å². The molecule has 3 heteroatoms. The molecule has 3 nitrogen and oxygen atoms in total. The van der Waals surface area contributed by atoms with E-state index < -0.39 is 0 Å². The number of benzene rings is 2. The highest BCUT2D eigenvalue weighted by atomic mass is 16.5. The molecular formula is C18H23NO2. The summed E-state index contributed by atoms with van der Waals surface area (Å²) < 4.78 is 11.1. The number of rotatable bonds is 6. The van der Waals surface area contributed by atoms with E-state index in [1.165, 1.54) is 5.56 Å². The minimum Gasteiger partial charge on any atom is -0.496 e. The van der Waals surface area contributed by atoms with Gasteiger partial charge < -0.3 is 15.2 Å². The van der Waals surface area contributed by atoms with Crippen molar-refractivity contribution in [1.29, 1.82) is 0 Å². The molecule has 0 heterocycles. The molecule has 0 bridgehead atoms. The number of methoxy groups -OCH3 is 1. The topological polar surface area (TPSA) is 44.5 Å². The van der Waals surface area contributed by atoms with Crippen LogP contribution in [0, 0.1) is 0 Å². The van der Waals surface area contributed by atoms with E-state index in [0.717, 1.165) is 22.6 Å². The lowest BCUT2D eigenvalue weighted by atomic mass is 10.0. The Hall–Kier alpha value is -2.00. The average molecular weight is 285 g/mol. The van der Waals surface area contributed by atoms with Crippen LogP contribution in [0.5, 0.6) is 11.5 Å². The maximum Gasteiger partial charge on any atom is 0.123 e. The van der Waals surface area contributed by atoms with Gasteiger partial charge in [-0.15, -0.1) is 0 Å². The summed E-state index contributed by atoms with van der Waals surface area (Å²) in [6.07, 6.45) is 0. The molecule has 2 aromatic carbocycles. The minimum atomic E-state index is 0.458. The maximum atomic E-state index is 5.87. The Labute approximate surface area is 126 Å². The molecule has 2 N–H and O–H groups in total. The van der Waals surface area contributed by atoms with Crippen molar-refractivity contribution in [3.63, 3.8) is 0 Å². The molecule has 112 valence electrons. The second-order valence-corrected chi connectivity index (χ2v) is 5.37. The van der Waals surface area contributed by atoms with E-state index in [4.69, 9.17) is 15.2 Å². The van der Waals surface area contributed by atoms with Gasteiger partial charge in [-0.05, 0) is 41.3 Å². The van der Waals surface area contributed by atoms with Gasteiger partial charge in [0.15, 0.2) is 0 Å². The van der Waals surface area contributed by atoms with Gasteiger partial charge in [-0.1, -0.05) is 32.0 Å². The first-order valence-corrected chi connectivity index (χ1v) is 7.22. The van der Waals surface area contributed by atoms with Gasteiger partial charge >= 0.3 is 0 Å². The van der Waals surface area contributed by atoms with Gasteiger partial charge in [0.25, 0.3) is 0 Å². The molecular weight excluding hydrogens is 262 g/mol. The predicted octanol–water partition coefficient (Wildman–Crippen LogP) is 3.86. The Morgan fingerprint density at radius 2 is 1.90 bits per heavy atom. The Bertz CT molecular complexity index is 594. The average Bonchev–Trinajstić information content (AvgIpc) is 2.52. The van der Waals surface area contributed by atoms with E-state index in [1.807, 2.05) is 30.3 Å². The largest absolute Gasteiger partial charge is 0.496 e. The van der Waals surface area contributed by atoms with Gasteiger partial charge in [-0.3, -0.25) is 0 Å². The monoisotopic (exact) mass is 285 g/mol. The Kier molecular flexibility index (Phi) is 5.23. The second kappa shape index (κ2) is 7.14. The number of ether oxygens (including phenoxy) is 2. The van der Waals surface area contributed by atoms with Crippen LogP contribution in [0.2, 0.25) is 0 Å². The fourth-order valence-electron chi connectivity index (χ4n) is 2.21. The molecule has 0 atom stereocenters. The molecule has 0 saturated heterocycles. The molecule has 0 radical (unpaired) electrons. The van der Waals surface area contributed by atoms with Crippen LogP contribution in [0.3, 0.4) is 0 Å². The summed E-state index contributed by atoms with van der Waals surface area (Å²) >= 11 is 0. The fraction of sp³-hybridized carbons (Fsp3) is 0.333. The normalized spacial score (nSPS) is 10.7. The van der Waals surface area contributed by atoms with E-state index in [-0.39, 0.29) is 0 Å². The number of hydrogen-bond acceptors (Lipinski definition) is 3. The van der Waals surface area contributed by atoms with Gasteiger partial charge in [-0.2, -0.15) is 0 Å². The van der Waals surface area contributed by atoms with Crippen LogP contribution in [0.15, 0.2) is 42.5 Å². The molecule has 0 spiro atoms. The van der Waals surface area contributed by atoms with E-state index in [9.17, 15) is 0 Å². The highest BCUT2D eigenvalue weighted by Crippen LogP contribution is 2.23. The first-order valence-electron chi connectivity index (χ1n) is 7.22. The van der Waals surface area contributed by atoms with Gasteiger partial charge in [0.2, 0.25) is 0 Å². The van der Waals surface area contributed by atoms with Crippen molar-refractivity contribution in [2.24, 2.45) is 5.73 Å². The molecule has 0 amide bonds. The zero-order valence-electron chi connectivity index (χ0n) is 12.9. The lowest BCUT2D eigenvalue weighted by molar-refractivity contribution is 0.305. The highest BCUT2D eigenvalue weighted by molar-refractivity contribution is 5.37. The molecule has 0 unspecified atom stereocenters. The number of nitrogens with two attached hydrogens (primary N) is 1. The highest BCUT2D eigenvalue weighted by Gasteiger charge is 2.05. The quantitative estimate of drug-likeness (QED) is 0.876. The summed E-state index contributed by atoms with van der Waals surface area (Å²) in [4.78, 5) is 0. The van der Waals surface area contributed by atoms with Crippen LogP contribution in [0.1, 0.15) is 36.5 Å². The van der Waals surface area contributed by atoms with Crippen molar-refractivity contribution in [1.82, 2.24) is 0 Å². The third-order valence-electron chi connectivity index (χ3n) is 3.49. The molecule has 0 saturated carbocycles. The summed E-state index contributed by atoms with van der Waals surface area (Å²) in [6.45, 7) is 5.34. The lowest BCUT2D eigenvalue weighted by Gasteiger charge is -2.12. The van der Waals surface area contributed by atoms with Crippen molar-refractivity contribution >= 4 is 0 Å². The van der Waals surface area contributed by atoms with Crippen LogP contribution < -0.4 is 15.2 Å². The van der Waals surface area contributed by atoms with E-state index >= 15 is 0 Å². The summed E-state index contributed by atoms with van der Waals surface area (Å²) in [7, 11) is 1.65. The van der Waals surface area contributed by atoms with Crippen LogP contribution in [-0.2, 0) is 13.2 Å². The Balaban J connectivity index is 2.07. The third-order valence-corrected chi connectivity index (χ3v) is 3.49. The maximum absolute atomic E-state index is 5.87. The van der Waals surface area contributed by atoms with E-state index in [0.29, 0.717) is 19.1 Å². The summed E-state index contributed by atoms with van der Waals surface area (Å²) in [5.41, 5.74) is 9.10. The van der Waals surface area contributed by atoms with E-state index in [1.54, 1.807) is 7.11 Å². The zero-order valence-corrected chi connectivity index (χ0v) is 12.9. The van der Waals surface area contributed by atoms with Gasteiger partial charge in [0, 0.05) is 12.1 Å². The summed E-state index contributed by atoms with van der Waals surface area (Å²) in [6, 6.07) is 14.2. The van der Waals surface area contributed by atoms with E-state index in [2.05, 4.69) is 26.0 Å². The molecule has 0 fully saturated rings. The molecule has 2 rings (SSSR count). The molecule has 0 aliphatic carbocycles. The molecule has 0 aliphatic heterocycles. The molecule has 2 aromatic rings. The van der Waals surface area contributed by atoms with Crippen LogP contribution in [0.4, 0.5) is 0 Å². The standard InChI is InChI=1S/C18H23NO2/c1-13(2)15-5-4-6-17(10-15)21-12-14-7-8-18(20-3)16(9-14)11-19/h4-10,13H,11-12,19H2,1-3H3. The SMILES string of the molecule is COc1ccc(COc2cccc(C(C)C)c2)cc1CN. The van der Waals surface area contributed by atoms with Gasteiger partial charge in [0.05, 0.1) is 7.11 Å². The first-order chi connectivity index (χ1) is 10.1. The Morgan fingerprint density at radius 1 is 1.10 bits per heavy atom. The smallest absolute Gasteiger partial charge is 0.123 e. The van der Waals surface area contributed by atoms with Gasteiger partial charge in [0.1, 0.15) is 18.1 Å². The van der Waals surface area contributed by atoms with Crippen LogP contribution in [-0.4, -0.2) is 7.11 Å². The molecule has 0 aliphatic rings. The van der Waals surface area contributed by atoms with Crippen molar-refractivity contribution in [2.45, 2.75) is 32.9 Å². The number of hydrogen-bond donors (Lipinski definition) is 1. The fourth-order valence-corrected chi connectivity index (χ4v) is 2.21. The molecule has 21 heavy (non-hydrogen) atoms. The summed E-state index contributed by atoms with van der Waals surface area (Å²) in [5, 5.41) is 0. The third kappa shape index (κ3) is 3.99. The van der Waals surface area contributed by atoms with Crippen LogP contribution in [0.25, 0.3) is 0 Å². The van der Waals surface area contributed by atoms with Crippen molar-refractivity contribution < 1.29 is 9.47 Å².